The maximum atomic E-state index is 11.2. The summed E-state index contributed by atoms with van der Waals surface area (Å²) < 4.78 is 24.3. The summed E-state index contributed by atoms with van der Waals surface area (Å²) in [6.45, 7) is 0.596. The van der Waals surface area contributed by atoms with Crippen LogP contribution in [0.5, 0.6) is 0 Å². The standard InChI is InChI=1S/C22H22N6O2S2/c1-2-15-12-16-8-4-5-9-17(16)13-18(15)31-22-27-19-20(23)25-14-26-21(19)28(22)10-6-3-7-11-32(24,29)30/h1,4-5,8-9,12-14H,3,6-7,10-11H2,(H2,23,25,26)(H2,24,29,30). The molecule has 0 fully saturated rings. The normalized spacial score (nSPS) is 11.8. The number of nitrogen functional groups attached to an aromatic ring is 1. The predicted molar refractivity (Wildman–Crippen MR) is 128 cm³/mol. The summed E-state index contributed by atoms with van der Waals surface area (Å²) in [5.41, 5.74) is 7.98. The summed E-state index contributed by atoms with van der Waals surface area (Å²) in [6.07, 6.45) is 9.13. The fraction of sp³-hybridized carbons (Fsp3) is 0.227. The summed E-state index contributed by atoms with van der Waals surface area (Å²) in [7, 11) is -3.45. The van der Waals surface area contributed by atoms with Crippen molar-refractivity contribution in [1.82, 2.24) is 19.5 Å². The lowest BCUT2D eigenvalue weighted by atomic mass is 10.1. The molecule has 0 aliphatic heterocycles. The van der Waals surface area contributed by atoms with Crippen LogP contribution in [0.3, 0.4) is 0 Å². The first kappa shape index (κ1) is 22.1. The number of aryl methyl sites for hydroxylation is 1. The van der Waals surface area contributed by atoms with E-state index in [0.717, 1.165) is 27.7 Å². The maximum Gasteiger partial charge on any atom is 0.209 e. The quantitative estimate of drug-likeness (QED) is 0.301. The molecule has 0 amide bonds. The zero-order chi connectivity index (χ0) is 22.7. The van der Waals surface area contributed by atoms with Crippen molar-refractivity contribution < 1.29 is 8.42 Å². The molecule has 0 unspecified atom stereocenters. The van der Waals surface area contributed by atoms with Gasteiger partial charge in [-0.05, 0) is 35.7 Å². The molecule has 0 atom stereocenters. The van der Waals surface area contributed by atoms with E-state index >= 15 is 0 Å². The van der Waals surface area contributed by atoms with E-state index in [-0.39, 0.29) is 5.75 Å². The molecule has 0 saturated carbocycles. The van der Waals surface area contributed by atoms with Gasteiger partial charge in [-0.25, -0.2) is 28.5 Å². The van der Waals surface area contributed by atoms with Crippen molar-refractivity contribution in [2.45, 2.75) is 35.9 Å². The van der Waals surface area contributed by atoms with Gasteiger partial charge >= 0.3 is 0 Å². The number of aromatic nitrogens is 4. The Kier molecular flexibility index (Phi) is 6.32. The highest BCUT2D eigenvalue weighted by Gasteiger charge is 2.17. The number of benzene rings is 2. The van der Waals surface area contributed by atoms with E-state index in [0.29, 0.717) is 41.5 Å². The van der Waals surface area contributed by atoms with Gasteiger partial charge in [0.05, 0.1) is 5.75 Å². The van der Waals surface area contributed by atoms with Gasteiger partial charge in [0.2, 0.25) is 10.0 Å². The Balaban J connectivity index is 1.66. The van der Waals surface area contributed by atoms with Gasteiger partial charge < -0.3 is 10.3 Å². The van der Waals surface area contributed by atoms with Crippen LogP contribution in [0.25, 0.3) is 21.9 Å². The Morgan fingerprint density at radius 1 is 1.09 bits per heavy atom. The number of imidazole rings is 1. The minimum absolute atomic E-state index is 0.0307. The lowest BCUT2D eigenvalue weighted by Crippen LogP contribution is -2.16. The van der Waals surface area contributed by atoms with Crippen molar-refractivity contribution in [2.75, 3.05) is 11.5 Å². The van der Waals surface area contributed by atoms with E-state index in [4.69, 9.17) is 22.3 Å². The number of anilines is 1. The molecule has 0 radical (unpaired) electrons. The number of unbranched alkanes of at least 4 members (excludes halogenated alkanes) is 2. The van der Waals surface area contributed by atoms with Gasteiger partial charge in [0.25, 0.3) is 0 Å². The van der Waals surface area contributed by atoms with Gasteiger partial charge in [0.15, 0.2) is 22.1 Å². The van der Waals surface area contributed by atoms with Crippen LogP contribution in [-0.2, 0) is 16.6 Å². The monoisotopic (exact) mass is 466 g/mol. The largest absolute Gasteiger partial charge is 0.382 e. The van der Waals surface area contributed by atoms with Crippen LogP contribution >= 0.6 is 11.8 Å². The van der Waals surface area contributed by atoms with Crippen LogP contribution in [-0.4, -0.2) is 33.7 Å². The Hall–Kier alpha value is -3.13. The third-order valence-electron chi connectivity index (χ3n) is 5.04. The number of rotatable bonds is 8. The van der Waals surface area contributed by atoms with E-state index in [1.807, 2.05) is 34.9 Å². The van der Waals surface area contributed by atoms with Gasteiger partial charge in [-0.15, -0.1) is 6.42 Å². The van der Waals surface area contributed by atoms with Crippen molar-refractivity contribution in [3.63, 3.8) is 0 Å². The molecule has 8 nitrogen and oxygen atoms in total. The second-order valence-electron chi connectivity index (χ2n) is 7.35. The lowest BCUT2D eigenvalue weighted by molar-refractivity contribution is 0.565. The minimum Gasteiger partial charge on any atom is -0.382 e. The average molecular weight is 467 g/mol. The fourth-order valence-electron chi connectivity index (χ4n) is 3.48. The van der Waals surface area contributed by atoms with Crippen molar-refractivity contribution >= 4 is 49.5 Å². The van der Waals surface area contributed by atoms with Crippen LogP contribution in [0.4, 0.5) is 5.82 Å². The molecule has 4 aromatic rings. The van der Waals surface area contributed by atoms with Crippen molar-refractivity contribution in [3.05, 3.63) is 48.3 Å². The molecule has 10 heteroatoms. The first-order valence-electron chi connectivity index (χ1n) is 10.00. The number of sulfonamides is 1. The van der Waals surface area contributed by atoms with Gasteiger partial charge in [-0.2, -0.15) is 0 Å². The first-order chi connectivity index (χ1) is 15.4. The molecule has 164 valence electrons. The highest BCUT2D eigenvalue weighted by Crippen LogP contribution is 2.35. The Morgan fingerprint density at radius 3 is 2.56 bits per heavy atom. The number of terminal acetylenes is 1. The summed E-state index contributed by atoms with van der Waals surface area (Å²) in [5.74, 6) is 3.04. The summed E-state index contributed by atoms with van der Waals surface area (Å²) in [5, 5.41) is 7.94. The zero-order valence-corrected chi connectivity index (χ0v) is 18.9. The van der Waals surface area contributed by atoms with Crippen LogP contribution in [0, 0.1) is 12.3 Å². The first-order valence-corrected chi connectivity index (χ1v) is 12.5. The third kappa shape index (κ3) is 4.85. The highest BCUT2D eigenvalue weighted by atomic mass is 32.2. The summed E-state index contributed by atoms with van der Waals surface area (Å²) >= 11 is 1.45. The summed E-state index contributed by atoms with van der Waals surface area (Å²) in [6, 6.07) is 12.1. The molecular weight excluding hydrogens is 444 g/mol. The number of hydrogen-bond donors (Lipinski definition) is 2. The second kappa shape index (κ2) is 9.16. The molecule has 32 heavy (non-hydrogen) atoms. The highest BCUT2D eigenvalue weighted by molar-refractivity contribution is 7.99. The molecule has 0 spiro atoms. The Morgan fingerprint density at radius 2 is 1.84 bits per heavy atom. The molecule has 0 bridgehead atoms. The van der Waals surface area contributed by atoms with Crippen LogP contribution in [0.2, 0.25) is 0 Å². The molecule has 0 aliphatic carbocycles. The molecule has 0 saturated heterocycles. The number of hydrogen-bond acceptors (Lipinski definition) is 7. The van der Waals surface area contributed by atoms with Gasteiger partial charge in [0.1, 0.15) is 6.33 Å². The Labute approximate surface area is 190 Å². The number of fused-ring (bicyclic) bond motifs is 2. The molecular formula is C22H22N6O2S2. The molecule has 2 aromatic heterocycles. The van der Waals surface area contributed by atoms with Crippen LogP contribution < -0.4 is 10.9 Å². The number of primary sulfonamides is 1. The summed E-state index contributed by atoms with van der Waals surface area (Å²) in [4.78, 5) is 14.0. The van der Waals surface area contributed by atoms with Crippen LogP contribution in [0.1, 0.15) is 24.8 Å². The van der Waals surface area contributed by atoms with Gasteiger partial charge in [-0.3, -0.25) is 0 Å². The van der Waals surface area contributed by atoms with Crippen LogP contribution in [0.15, 0.2) is 52.8 Å². The number of nitrogens with zero attached hydrogens (tertiary/aromatic N) is 4. The zero-order valence-electron chi connectivity index (χ0n) is 17.2. The number of nitrogens with two attached hydrogens (primary N) is 2. The minimum atomic E-state index is -3.45. The van der Waals surface area contributed by atoms with Crippen molar-refractivity contribution in [1.29, 1.82) is 0 Å². The maximum absolute atomic E-state index is 11.2. The lowest BCUT2D eigenvalue weighted by Gasteiger charge is -2.10. The molecule has 4 rings (SSSR count). The third-order valence-corrected chi connectivity index (χ3v) is 6.95. The van der Waals surface area contributed by atoms with Crippen molar-refractivity contribution in [2.24, 2.45) is 5.14 Å². The smallest absolute Gasteiger partial charge is 0.209 e. The Bertz CT molecular complexity index is 1440. The van der Waals surface area contributed by atoms with E-state index < -0.39 is 10.0 Å². The van der Waals surface area contributed by atoms with Gasteiger partial charge in [0, 0.05) is 17.0 Å². The van der Waals surface area contributed by atoms with Gasteiger partial charge in [-0.1, -0.05) is 48.4 Å². The SMILES string of the molecule is C#Cc1cc2ccccc2cc1Sc1nc2c(N)ncnc2n1CCCCCS(N)(=O)=O. The topological polar surface area (TPSA) is 130 Å². The predicted octanol–water partition coefficient (Wildman–Crippen LogP) is 3.15. The van der Waals surface area contributed by atoms with E-state index in [9.17, 15) is 8.42 Å². The molecule has 2 aromatic carbocycles. The fourth-order valence-corrected chi connectivity index (χ4v) is 5.12. The molecule has 2 heterocycles. The average Bonchev–Trinajstić information content (AvgIpc) is 3.11. The van der Waals surface area contributed by atoms with E-state index in [2.05, 4.69) is 22.0 Å². The molecule has 4 N–H and O–H groups in total. The van der Waals surface area contributed by atoms with Crippen molar-refractivity contribution in [3.8, 4) is 12.3 Å². The molecule has 0 aliphatic rings. The van der Waals surface area contributed by atoms with E-state index in [1.165, 1.54) is 18.1 Å². The second-order valence-corrected chi connectivity index (χ2v) is 10.1. The van der Waals surface area contributed by atoms with E-state index in [1.54, 1.807) is 0 Å².